The molecule has 10 heteroatoms. The molecule has 3 rings (SSSR count). The predicted molar refractivity (Wildman–Crippen MR) is 121 cm³/mol. The van der Waals surface area contributed by atoms with Gasteiger partial charge in [0.1, 0.15) is 4.21 Å². The van der Waals surface area contributed by atoms with Crippen LogP contribution in [0.25, 0.3) is 6.08 Å². The highest BCUT2D eigenvalue weighted by molar-refractivity contribution is 7.91. The number of amides is 1. The molecule has 0 bridgehead atoms. The molecule has 1 aromatic heterocycles. The Morgan fingerprint density at radius 2 is 2.16 bits per heavy atom. The van der Waals surface area contributed by atoms with E-state index in [1.165, 1.54) is 19.3 Å². The van der Waals surface area contributed by atoms with Gasteiger partial charge in [0.15, 0.2) is 0 Å². The molecule has 1 aromatic carbocycles. The van der Waals surface area contributed by atoms with E-state index in [-0.39, 0.29) is 28.8 Å². The summed E-state index contributed by atoms with van der Waals surface area (Å²) in [7, 11) is -2.72. The van der Waals surface area contributed by atoms with Gasteiger partial charge in [0, 0.05) is 29.1 Å². The van der Waals surface area contributed by atoms with Crippen LogP contribution in [0.4, 0.5) is 0 Å². The third-order valence-corrected chi connectivity index (χ3v) is 8.05. The lowest BCUT2D eigenvalue weighted by Crippen LogP contribution is -2.34. The van der Waals surface area contributed by atoms with Crippen molar-refractivity contribution in [2.75, 3.05) is 20.2 Å². The summed E-state index contributed by atoms with van der Waals surface area (Å²) < 4.78 is 32.5. The molecule has 7 nitrogen and oxygen atoms in total. The maximum Gasteiger partial charge on any atom is 0.340 e. The van der Waals surface area contributed by atoms with E-state index in [0.29, 0.717) is 28.4 Å². The van der Waals surface area contributed by atoms with Gasteiger partial charge in [0.25, 0.3) is 10.0 Å². The second-order valence-electron chi connectivity index (χ2n) is 6.70. The number of halogens is 1. The fourth-order valence-electron chi connectivity index (χ4n) is 3.18. The average molecular weight is 481 g/mol. The summed E-state index contributed by atoms with van der Waals surface area (Å²) in [6, 6.07) is 7.12. The first-order valence-electron chi connectivity index (χ1n) is 9.32. The lowest BCUT2D eigenvalue weighted by atomic mass is 10.0. The van der Waals surface area contributed by atoms with Gasteiger partial charge in [-0.15, -0.1) is 17.9 Å². The summed E-state index contributed by atoms with van der Waals surface area (Å²) in [6.07, 6.45) is 4.89. The van der Waals surface area contributed by atoms with Crippen molar-refractivity contribution in [1.29, 1.82) is 0 Å². The maximum atomic E-state index is 12.7. The van der Waals surface area contributed by atoms with Crippen LogP contribution in [0, 0.1) is 0 Å². The second-order valence-corrected chi connectivity index (χ2v) is 10.2. The molecule has 0 unspecified atom stereocenters. The minimum Gasteiger partial charge on any atom is -0.465 e. The molecule has 1 aliphatic heterocycles. The monoisotopic (exact) mass is 480 g/mol. The quantitative estimate of drug-likeness (QED) is 0.373. The zero-order valence-electron chi connectivity index (χ0n) is 16.8. The van der Waals surface area contributed by atoms with Crippen molar-refractivity contribution in [1.82, 2.24) is 9.62 Å². The number of methoxy groups -OCH3 is 1. The third-order valence-electron chi connectivity index (χ3n) is 4.65. The first kappa shape index (κ1) is 23.2. The number of ether oxygens (including phenoxy) is 1. The van der Waals surface area contributed by atoms with E-state index in [1.807, 2.05) is 6.07 Å². The van der Waals surface area contributed by atoms with E-state index in [1.54, 1.807) is 29.2 Å². The van der Waals surface area contributed by atoms with E-state index < -0.39 is 16.0 Å². The normalized spacial score (nSPS) is 13.8. The topological polar surface area (TPSA) is 92.8 Å². The predicted octanol–water partition coefficient (Wildman–Crippen LogP) is 3.25. The number of nitrogens with one attached hydrogen (secondary N) is 1. The van der Waals surface area contributed by atoms with Crippen LogP contribution in [0.1, 0.15) is 26.4 Å². The molecule has 1 N–H and O–H groups in total. The van der Waals surface area contributed by atoms with E-state index in [9.17, 15) is 18.0 Å². The van der Waals surface area contributed by atoms with Crippen LogP contribution < -0.4 is 4.72 Å². The van der Waals surface area contributed by atoms with Crippen LogP contribution in [-0.2, 0) is 32.5 Å². The summed E-state index contributed by atoms with van der Waals surface area (Å²) in [5, 5.41) is 0.574. The van der Waals surface area contributed by atoms with Gasteiger partial charge in [-0.05, 0) is 35.8 Å². The van der Waals surface area contributed by atoms with Crippen molar-refractivity contribution in [3.63, 3.8) is 0 Å². The summed E-state index contributed by atoms with van der Waals surface area (Å²) in [6.45, 7) is 4.09. The number of nitrogens with zero attached hydrogens (tertiary/aromatic N) is 1. The molecule has 1 amide bonds. The van der Waals surface area contributed by atoms with E-state index in [0.717, 1.165) is 16.9 Å². The number of carbonyl (C=O) groups excluding carboxylic acids is 2. The summed E-state index contributed by atoms with van der Waals surface area (Å²) >= 11 is 6.94. The number of benzene rings is 1. The van der Waals surface area contributed by atoms with Gasteiger partial charge in [-0.2, -0.15) is 0 Å². The summed E-state index contributed by atoms with van der Waals surface area (Å²) in [5.41, 5.74) is 1.45. The van der Waals surface area contributed by atoms with Crippen LogP contribution in [0.5, 0.6) is 0 Å². The molecule has 0 radical (unpaired) electrons. The van der Waals surface area contributed by atoms with Crippen molar-refractivity contribution in [3.05, 3.63) is 69.6 Å². The fraction of sp³-hybridized carbons (Fsp3) is 0.238. The molecular weight excluding hydrogens is 460 g/mol. The molecule has 0 spiro atoms. The number of fused-ring (bicyclic) bond motifs is 1. The molecule has 1 aliphatic rings. The minimum absolute atomic E-state index is 0.0322. The van der Waals surface area contributed by atoms with Crippen LogP contribution >= 0.6 is 22.9 Å². The Labute approximate surface area is 190 Å². The van der Waals surface area contributed by atoms with E-state index >= 15 is 0 Å². The number of hydrogen-bond donors (Lipinski definition) is 1. The number of carbonyl (C=O) groups is 2. The highest BCUT2D eigenvalue weighted by Gasteiger charge is 2.34. The third kappa shape index (κ3) is 5.24. The summed E-state index contributed by atoms with van der Waals surface area (Å²) in [4.78, 5) is 27.3. The molecule has 0 fully saturated rings. The van der Waals surface area contributed by atoms with Crippen molar-refractivity contribution >= 4 is 50.9 Å². The van der Waals surface area contributed by atoms with E-state index in [4.69, 9.17) is 16.3 Å². The Morgan fingerprint density at radius 3 is 2.84 bits per heavy atom. The molecule has 164 valence electrons. The Balaban J connectivity index is 1.87. The Bertz CT molecular complexity index is 1150. The lowest BCUT2D eigenvalue weighted by Gasteiger charge is -2.26. The Hall–Kier alpha value is -2.46. The van der Waals surface area contributed by atoms with Crippen LogP contribution in [0.15, 0.2) is 47.2 Å². The van der Waals surface area contributed by atoms with Gasteiger partial charge in [-0.1, -0.05) is 29.8 Å². The number of thiophene rings is 1. The molecule has 0 aliphatic carbocycles. The zero-order valence-corrected chi connectivity index (χ0v) is 19.1. The second kappa shape index (κ2) is 9.78. The first-order chi connectivity index (χ1) is 14.8. The van der Waals surface area contributed by atoms with Gasteiger partial charge in [0.2, 0.25) is 5.91 Å². The van der Waals surface area contributed by atoms with Crippen LogP contribution in [0.2, 0.25) is 5.02 Å². The van der Waals surface area contributed by atoms with Gasteiger partial charge in [-0.25, -0.2) is 17.9 Å². The molecule has 2 aromatic rings. The Morgan fingerprint density at radius 1 is 1.39 bits per heavy atom. The lowest BCUT2D eigenvalue weighted by molar-refractivity contribution is -0.126. The molecule has 0 saturated heterocycles. The number of hydrogen-bond acceptors (Lipinski definition) is 6. The fourth-order valence-corrected chi connectivity index (χ4v) is 6.32. The Kier molecular flexibility index (Phi) is 7.32. The largest absolute Gasteiger partial charge is 0.465 e. The molecule has 0 atom stereocenters. The number of sulfonamides is 1. The standard InChI is InChI=1S/C21H21ClN2O5S2/c1-3-10-23-31(27,28)21-19(20(26)29-2)16-9-11-24(13-17(16)30-21)18(25)8-7-14-5-4-6-15(22)12-14/h3-8,12,23H,1,9-11,13H2,2H3/b8-7+. The average Bonchev–Trinajstić information content (AvgIpc) is 3.15. The maximum absolute atomic E-state index is 12.7. The van der Waals surface area contributed by atoms with Crippen molar-refractivity contribution in [3.8, 4) is 0 Å². The first-order valence-corrected chi connectivity index (χ1v) is 12.0. The highest BCUT2D eigenvalue weighted by Crippen LogP contribution is 2.36. The molecule has 31 heavy (non-hydrogen) atoms. The highest BCUT2D eigenvalue weighted by atomic mass is 35.5. The molecule has 2 heterocycles. The van der Waals surface area contributed by atoms with E-state index in [2.05, 4.69) is 11.3 Å². The van der Waals surface area contributed by atoms with Crippen molar-refractivity contribution in [2.24, 2.45) is 0 Å². The SMILES string of the molecule is C=CCNS(=O)(=O)c1sc2c(c1C(=O)OC)CCN(C(=O)/C=C/c1cccc(Cl)c1)C2. The van der Waals surface area contributed by atoms with Crippen molar-refractivity contribution < 1.29 is 22.7 Å². The van der Waals surface area contributed by atoms with Gasteiger partial charge in [0.05, 0.1) is 19.2 Å². The summed E-state index contributed by atoms with van der Waals surface area (Å²) in [5.74, 6) is -0.926. The van der Waals surface area contributed by atoms with Gasteiger partial charge < -0.3 is 9.64 Å². The number of rotatable bonds is 7. The van der Waals surface area contributed by atoms with Crippen LogP contribution in [0.3, 0.4) is 0 Å². The number of esters is 1. The van der Waals surface area contributed by atoms with Crippen LogP contribution in [-0.4, -0.2) is 45.4 Å². The van der Waals surface area contributed by atoms with Gasteiger partial charge >= 0.3 is 5.97 Å². The van der Waals surface area contributed by atoms with Gasteiger partial charge in [-0.3, -0.25) is 4.79 Å². The minimum atomic E-state index is -3.92. The zero-order chi connectivity index (χ0) is 22.6. The molecule has 0 saturated carbocycles. The smallest absolute Gasteiger partial charge is 0.340 e. The molecular formula is C21H21ClN2O5S2. The van der Waals surface area contributed by atoms with Crippen molar-refractivity contribution in [2.45, 2.75) is 17.2 Å².